The summed E-state index contributed by atoms with van der Waals surface area (Å²) in [6.45, 7) is 7.27. The molecule has 0 saturated carbocycles. The zero-order valence-corrected chi connectivity index (χ0v) is 17.5. The number of rotatable bonds is 5. The summed E-state index contributed by atoms with van der Waals surface area (Å²) in [5, 5.41) is 17.4. The molecule has 2 fully saturated rings. The molecule has 3 heterocycles. The van der Waals surface area contributed by atoms with Crippen LogP contribution in [0, 0.1) is 19.3 Å². The Balaban J connectivity index is 0.00000280. The number of nitrogens with zero attached hydrogens (tertiary/aromatic N) is 3. The van der Waals surface area contributed by atoms with E-state index in [0.29, 0.717) is 43.7 Å². The van der Waals surface area contributed by atoms with Crippen molar-refractivity contribution in [1.29, 1.82) is 0 Å². The van der Waals surface area contributed by atoms with E-state index in [0.717, 1.165) is 18.7 Å². The van der Waals surface area contributed by atoms with Gasteiger partial charge in [-0.25, -0.2) is 0 Å². The van der Waals surface area contributed by atoms with Crippen molar-refractivity contribution in [3.8, 4) is 0 Å². The van der Waals surface area contributed by atoms with E-state index >= 15 is 0 Å². The van der Waals surface area contributed by atoms with Crippen LogP contribution >= 0.6 is 12.4 Å². The lowest BCUT2D eigenvalue weighted by Gasteiger charge is -2.48. The van der Waals surface area contributed by atoms with E-state index in [1.165, 1.54) is 6.92 Å². The van der Waals surface area contributed by atoms with E-state index in [1.807, 2.05) is 6.92 Å². The van der Waals surface area contributed by atoms with Crippen LogP contribution < -0.4 is 5.32 Å². The molecule has 2 atom stereocenters. The van der Waals surface area contributed by atoms with Gasteiger partial charge < -0.3 is 15.3 Å². The largest absolute Gasteiger partial charge is 0.481 e. The third-order valence-electron chi connectivity index (χ3n) is 6.14. The number of fused-ring (bicyclic) bond motifs is 1. The number of hydrogen-bond acceptors (Lipinski definition) is 5. The predicted molar refractivity (Wildman–Crippen MR) is 106 cm³/mol. The molecule has 2 aliphatic rings. The van der Waals surface area contributed by atoms with E-state index in [-0.39, 0.29) is 36.6 Å². The predicted octanol–water partition coefficient (Wildman–Crippen LogP) is 1.57. The molecule has 28 heavy (non-hydrogen) atoms. The Kier molecular flexibility index (Phi) is 6.88. The van der Waals surface area contributed by atoms with Crippen LogP contribution in [0.3, 0.4) is 0 Å². The van der Waals surface area contributed by atoms with E-state index in [1.54, 1.807) is 16.5 Å². The molecule has 2 N–H and O–H groups in total. The lowest BCUT2D eigenvalue weighted by Crippen LogP contribution is -2.63. The number of aliphatic carboxylic acids is 1. The molecule has 1 amide bonds. The van der Waals surface area contributed by atoms with Gasteiger partial charge in [0, 0.05) is 37.8 Å². The van der Waals surface area contributed by atoms with Crippen LogP contribution in [0.1, 0.15) is 54.4 Å². The number of nitrogens with one attached hydrogen (secondary N) is 1. The topological polar surface area (TPSA) is 105 Å². The van der Waals surface area contributed by atoms with Crippen molar-refractivity contribution >= 4 is 30.1 Å². The molecule has 0 bridgehead atoms. The highest BCUT2D eigenvalue weighted by molar-refractivity contribution is 5.96. The third kappa shape index (κ3) is 3.93. The molecule has 2 aliphatic heterocycles. The number of ketones is 1. The third-order valence-corrected chi connectivity index (χ3v) is 6.14. The summed E-state index contributed by atoms with van der Waals surface area (Å²) in [6, 6.07) is -0.195. The minimum absolute atomic E-state index is 0. The molecule has 1 aromatic rings. The first-order chi connectivity index (χ1) is 12.8. The van der Waals surface area contributed by atoms with E-state index in [4.69, 9.17) is 0 Å². The molecule has 0 radical (unpaired) electrons. The second-order valence-electron chi connectivity index (χ2n) is 7.74. The maximum absolute atomic E-state index is 12.7. The number of carbonyl (C=O) groups excluding carboxylic acids is 2. The van der Waals surface area contributed by atoms with E-state index in [2.05, 4.69) is 10.4 Å². The fraction of sp³-hybridized carbons (Fsp3) is 0.684. The lowest BCUT2D eigenvalue weighted by atomic mass is 9.69. The SMILES string of the molecule is CC(=O)c1c(C)nn(CCC(=O)N2CC[C@@]3(C(=O)O)CCCN[C@@H]3C2)c1C.Cl. The summed E-state index contributed by atoms with van der Waals surface area (Å²) in [6.07, 6.45) is 2.29. The Morgan fingerprint density at radius 1 is 1.29 bits per heavy atom. The molecular formula is C19H29ClN4O4. The standard InChI is InChI=1S/C19H28N4O4.ClH/c1-12-17(14(3)24)13(2)23(21-12)9-5-16(25)22-10-7-19(18(26)27)6-4-8-20-15(19)11-22;/h15,20H,4-11H2,1-3H3,(H,26,27);1H/t15-,19+;/m1./s1. The van der Waals surface area contributed by atoms with Crippen LogP contribution in [0.5, 0.6) is 0 Å². The molecule has 2 saturated heterocycles. The van der Waals surface area contributed by atoms with Crippen LogP contribution in [0.25, 0.3) is 0 Å². The number of likely N-dealkylation sites (tertiary alicyclic amines) is 1. The number of carboxylic acid groups (broad SMARTS) is 1. The Morgan fingerprint density at radius 2 is 2.00 bits per heavy atom. The molecule has 1 aromatic heterocycles. The van der Waals surface area contributed by atoms with Crippen LogP contribution in [0.2, 0.25) is 0 Å². The monoisotopic (exact) mass is 412 g/mol. The minimum Gasteiger partial charge on any atom is -0.481 e. The lowest BCUT2D eigenvalue weighted by molar-refractivity contribution is -0.159. The summed E-state index contributed by atoms with van der Waals surface area (Å²) in [5.74, 6) is -0.781. The van der Waals surface area contributed by atoms with Crippen LogP contribution in [-0.4, -0.2) is 63.1 Å². The van der Waals surface area contributed by atoms with Crippen molar-refractivity contribution in [2.24, 2.45) is 5.41 Å². The molecular weight excluding hydrogens is 384 g/mol. The average Bonchev–Trinajstić information content (AvgIpc) is 2.92. The second-order valence-corrected chi connectivity index (χ2v) is 7.74. The van der Waals surface area contributed by atoms with Gasteiger partial charge in [0.25, 0.3) is 0 Å². The van der Waals surface area contributed by atoms with Gasteiger partial charge in [0.2, 0.25) is 5.91 Å². The first-order valence-corrected chi connectivity index (χ1v) is 9.56. The number of hydrogen-bond donors (Lipinski definition) is 2. The molecule has 3 rings (SSSR count). The van der Waals surface area contributed by atoms with Gasteiger partial charge in [-0.1, -0.05) is 0 Å². The van der Waals surface area contributed by atoms with Gasteiger partial charge in [0.05, 0.1) is 16.7 Å². The first kappa shape index (κ1) is 22.4. The minimum atomic E-state index is -0.758. The van der Waals surface area contributed by atoms with Gasteiger partial charge in [-0.05, 0) is 46.6 Å². The van der Waals surface area contributed by atoms with Crippen molar-refractivity contribution in [2.45, 2.75) is 59.0 Å². The fourth-order valence-electron chi connectivity index (χ4n) is 4.61. The number of piperidine rings is 2. The van der Waals surface area contributed by atoms with Crippen molar-refractivity contribution in [3.63, 3.8) is 0 Å². The number of aryl methyl sites for hydroxylation is 2. The normalized spacial score (nSPS) is 24.2. The summed E-state index contributed by atoms with van der Waals surface area (Å²) in [7, 11) is 0. The molecule has 9 heteroatoms. The van der Waals surface area contributed by atoms with Gasteiger partial charge in [-0.15, -0.1) is 12.4 Å². The van der Waals surface area contributed by atoms with Gasteiger partial charge >= 0.3 is 5.97 Å². The Labute approximate surface area is 171 Å². The Bertz CT molecular complexity index is 778. The molecule has 0 spiro atoms. The molecule has 156 valence electrons. The van der Waals surface area contributed by atoms with Crippen molar-refractivity contribution in [3.05, 3.63) is 17.0 Å². The fourth-order valence-corrected chi connectivity index (χ4v) is 4.61. The Morgan fingerprint density at radius 3 is 2.61 bits per heavy atom. The summed E-state index contributed by atoms with van der Waals surface area (Å²) >= 11 is 0. The smallest absolute Gasteiger partial charge is 0.311 e. The van der Waals surface area contributed by atoms with Gasteiger partial charge in [0.15, 0.2) is 5.78 Å². The maximum Gasteiger partial charge on any atom is 0.311 e. The summed E-state index contributed by atoms with van der Waals surface area (Å²) in [5.41, 5.74) is 1.34. The summed E-state index contributed by atoms with van der Waals surface area (Å²) < 4.78 is 1.72. The second kappa shape index (κ2) is 8.61. The first-order valence-electron chi connectivity index (χ1n) is 9.56. The van der Waals surface area contributed by atoms with Gasteiger partial charge in [0.1, 0.15) is 0 Å². The summed E-state index contributed by atoms with van der Waals surface area (Å²) in [4.78, 5) is 38.0. The van der Waals surface area contributed by atoms with Crippen LogP contribution in [-0.2, 0) is 16.1 Å². The van der Waals surface area contributed by atoms with Gasteiger partial charge in [-0.3, -0.25) is 19.1 Å². The molecule has 8 nitrogen and oxygen atoms in total. The number of Topliss-reactive ketones (excluding diaryl/α,β-unsaturated/α-hetero) is 1. The highest BCUT2D eigenvalue weighted by atomic mass is 35.5. The number of amides is 1. The zero-order valence-electron chi connectivity index (χ0n) is 16.7. The Hall–Kier alpha value is -1.93. The van der Waals surface area contributed by atoms with Crippen LogP contribution in [0.4, 0.5) is 0 Å². The van der Waals surface area contributed by atoms with Crippen molar-refractivity contribution < 1.29 is 19.5 Å². The van der Waals surface area contributed by atoms with Gasteiger partial charge in [-0.2, -0.15) is 5.10 Å². The highest BCUT2D eigenvalue weighted by Crippen LogP contribution is 2.39. The maximum atomic E-state index is 12.7. The molecule has 0 aromatic carbocycles. The quantitative estimate of drug-likeness (QED) is 0.711. The number of carboxylic acids is 1. The van der Waals surface area contributed by atoms with Crippen LogP contribution in [0.15, 0.2) is 0 Å². The molecule has 0 unspecified atom stereocenters. The molecule has 0 aliphatic carbocycles. The zero-order chi connectivity index (χ0) is 19.8. The number of carbonyl (C=O) groups is 3. The van der Waals surface area contributed by atoms with Crippen molar-refractivity contribution in [1.82, 2.24) is 20.0 Å². The number of aromatic nitrogens is 2. The average molecular weight is 413 g/mol. The number of halogens is 1. The van der Waals surface area contributed by atoms with Crippen molar-refractivity contribution in [2.75, 3.05) is 19.6 Å². The van der Waals surface area contributed by atoms with E-state index < -0.39 is 11.4 Å². The highest BCUT2D eigenvalue weighted by Gasteiger charge is 2.50. The van der Waals surface area contributed by atoms with E-state index in [9.17, 15) is 19.5 Å².